The lowest BCUT2D eigenvalue weighted by Gasteiger charge is -2.33. The van der Waals surface area contributed by atoms with E-state index >= 15 is 0 Å². The molecule has 1 aromatic heterocycles. The van der Waals surface area contributed by atoms with Crippen LogP contribution in [-0.2, 0) is 27.6 Å². The molecule has 1 N–H and O–H groups in total. The topological polar surface area (TPSA) is 103 Å². The van der Waals surface area contributed by atoms with Gasteiger partial charge in [0.05, 0.1) is 28.6 Å². The molecule has 7 nitrogen and oxygen atoms in total. The highest BCUT2D eigenvalue weighted by molar-refractivity contribution is 7.90. The van der Waals surface area contributed by atoms with Crippen LogP contribution in [0.3, 0.4) is 0 Å². The molecule has 1 amide bonds. The number of nitrogens with one attached hydrogen (secondary N) is 1. The lowest BCUT2D eigenvalue weighted by Crippen LogP contribution is -2.29. The van der Waals surface area contributed by atoms with Crippen LogP contribution in [0, 0.1) is 23.1 Å². The van der Waals surface area contributed by atoms with Gasteiger partial charge >= 0.3 is 0 Å². The molecule has 2 heterocycles. The lowest BCUT2D eigenvalue weighted by molar-refractivity contribution is -0.115. The molecule has 0 saturated heterocycles. The van der Waals surface area contributed by atoms with Gasteiger partial charge in [-0.05, 0) is 48.2 Å². The summed E-state index contributed by atoms with van der Waals surface area (Å²) in [4.78, 5) is 20.9. The number of fused-ring (bicyclic) bond motifs is 1. The molecule has 0 aliphatic carbocycles. The first kappa shape index (κ1) is 25.9. The Hall–Kier alpha value is -3.13. The van der Waals surface area contributed by atoms with Crippen molar-refractivity contribution in [3.05, 3.63) is 75.5 Å². The van der Waals surface area contributed by atoms with E-state index in [9.17, 15) is 17.6 Å². The maximum Gasteiger partial charge on any atom is 0.230 e. The van der Waals surface area contributed by atoms with Crippen molar-refractivity contribution in [1.82, 2.24) is 9.88 Å². The lowest BCUT2D eigenvalue weighted by atomic mass is 9.98. The van der Waals surface area contributed by atoms with Crippen LogP contribution >= 0.6 is 11.3 Å². The van der Waals surface area contributed by atoms with E-state index in [2.05, 4.69) is 24.1 Å². The molecule has 2 atom stereocenters. The Labute approximate surface area is 214 Å². The van der Waals surface area contributed by atoms with Gasteiger partial charge in [0.25, 0.3) is 0 Å². The molecular weight excluding hydrogens is 499 g/mol. The number of benzene rings is 2. The van der Waals surface area contributed by atoms with E-state index in [4.69, 9.17) is 10.2 Å². The number of aromatic nitrogens is 1. The third-order valence-corrected chi connectivity index (χ3v) is 8.48. The molecule has 0 saturated carbocycles. The Kier molecular flexibility index (Phi) is 7.27. The Morgan fingerprint density at radius 1 is 1.25 bits per heavy atom. The average Bonchev–Trinajstić information content (AvgIpc) is 3.35. The van der Waals surface area contributed by atoms with E-state index in [1.807, 2.05) is 13.0 Å². The summed E-state index contributed by atoms with van der Waals surface area (Å²) in [6.07, 6.45) is 1.25. The number of nitriles is 1. The van der Waals surface area contributed by atoms with Crippen LogP contribution in [-0.4, -0.2) is 30.5 Å². The summed E-state index contributed by atoms with van der Waals surface area (Å²) >= 11 is 1.43. The van der Waals surface area contributed by atoms with E-state index < -0.39 is 15.7 Å². The van der Waals surface area contributed by atoms with Gasteiger partial charge in [0.2, 0.25) is 5.91 Å². The number of sulfone groups is 1. The first-order valence-electron chi connectivity index (χ1n) is 11.5. The molecule has 1 aliphatic rings. The molecule has 188 valence electrons. The van der Waals surface area contributed by atoms with Gasteiger partial charge in [-0.15, -0.1) is 11.3 Å². The standard InChI is InChI=1S/C26H27FN4O3S2/c1-15(2)25-24-22(14-31(25)16(3)18-7-8-19(13-28)21(27)12-18)35-26(30-24)29-23(32)11-17-5-9-20(10-6-17)36(4,33)34/h5-10,12,15-16,25H,11,14H2,1-4H3,(H,29,30,32)/t16-,25?/m0/s1. The van der Waals surface area contributed by atoms with Crippen molar-refractivity contribution < 1.29 is 17.6 Å². The van der Waals surface area contributed by atoms with Gasteiger partial charge in [-0.2, -0.15) is 5.26 Å². The van der Waals surface area contributed by atoms with Gasteiger partial charge < -0.3 is 5.32 Å². The number of nitrogens with zero attached hydrogens (tertiary/aromatic N) is 3. The number of rotatable bonds is 7. The molecule has 4 rings (SSSR count). The number of hydrogen-bond acceptors (Lipinski definition) is 7. The molecule has 1 unspecified atom stereocenters. The zero-order valence-electron chi connectivity index (χ0n) is 20.4. The SMILES string of the molecule is CC(C)C1c2nc(NC(=O)Cc3ccc(S(C)(=O)=O)cc3)sc2CN1[C@@H](C)c1ccc(C#N)c(F)c1. The molecule has 0 radical (unpaired) electrons. The highest BCUT2D eigenvalue weighted by Gasteiger charge is 2.39. The van der Waals surface area contributed by atoms with Gasteiger partial charge in [0.1, 0.15) is 11.9 Å². The van der Waals surface area contributed by atoms with Crippen LogP contribution in [0.15, 0.2) is 47.4 Å². The summed E-state index contributed by atoms with van der Waals surface area (Å²) in [6, 6.07) is 12.8. The molecule has 36 heavy (non-hydrogen) atoms. The smallest absolute Gasteiger partial charge is 0.230 e. The predicted octanol–water partition coefficient (Wildman–Crippen LogP) is 5.01. The van der Waals surface area contributed by atoms with E-state index in [-0.39, 0.29) is 40.8 Å². The third-order valence-electron chi connectivity index (χ3n) is 6.38. The number of anilines is 1. The number of amides is 1. The fraction of sp³-hybridized carbons (Fsp3) is 0.346. The van der Waals surface area contributed by atoms with Crippen LogP contribution in [0.2, 0.25) is 0 Å². The normalized spacial score (nSPS) is 16.5. The summed E-state index contributed by atoms with van der Waals surface area (Å²) in [7, 11) is -3.29. The fourth-order valence-electron chi connectivity index (χ4n) is 4.54. The summed E-state index contributed by atoms with van der Waals surface area (Å²) in [5.41, 5.74) is 2.45. The van der Waals surface area contributed by atoms with E-state index in [1.165, 1.54) is 35.6 Å². The molecule has 0 bridgehead atoms. The molecular formula is C26H27FN4O3S2. The minimum absolute atomic E-state index is 0.000793. The van der Waals surface area contributed by atoms with Crippen molar-refractivity contribution in [2.75, 3.05) is 11.6 Å². The van der Waals surface area contributed by atoms with Gasteiger partial charge in [0, 0.05) is 23.7 Å². The quantitative estimate of drug-likeness (QED) is 0.464. The minimum atomic E-state index is -3.29. The Bertz CT molecular complexity index is 1440. The van der Waals surface area contributed by atoms with Gasteiger partial charge in [-0.25, -0.2) is 17.8 Å². The molecule has 10 heteroatoms. The Morgan fingerprint density at radius 3 is 2.53 bits per heavy atom. The predicted molar refractivity (Wildman–Crippen MR) is 137 cm³/mol. The number of thiazole rings is 1. The Morgan fingerprint density at radius 2 is 1.94 bits per heavy atom. The first-order chi connectivity index (χ1) is 17.0. The summed E-state index contributed by atoms with van der Waals surface area (Å²) in [5, 5.41) is 12.4. The van der Waals surface area contributed by atoms with E-state index in [0.29, 0.717) is 17.2 Å². The second-order valence-corrected chi connectivity index (χ2v) is 12.5. The fourth-order valence-corrected chi connectivity index (χ4v) is 6.19. The number of carbonyl (C=O) groups excluding carboxylic acids is 1. The average molecular weight is 527 g/mol. The van der Waals surface area contributed by atoms with E-state index in [0.717, 1.165) is 22.4 Å². The molecule has 0 fully saturated rings. The molecule has 3 aromatic rings. The number of halogens is 1. The molecule has 0 spiro atoms. The van der Waals surface area contributed by atoms with Gasteiger partial charge in [0.15, 0.2) is 15.0 Å². The van der Waals surface area contributed by atoms with Gasteiger partial charge in [-0.3, -0.25) is 9.69 Å². The molecule has 1 aliphatic heterocycles. The van der Waals surface area contributed by atoms with Crippen molar-refractivity contribution >= 4 is 32.2 Å². The zero-order chi connectivity index (χ0) is 26.2. The van der Waals surface area contributed by atoms with Crippen molar-refractivity contribution in [1.29, 1.82) is 5.26 Å². The number of hydrogen-bond donors (Lipinski definition) is 1. The van der Waals surface area contributed by atoms with Crippen LogP contribution in [0.25, 0.3) is 0 Å². The maximum absolute atomic E-state index is 14.2. The summed E-state index contributed by atoms with van der Waals surface area (Å²) in [6.45, 7) is 6.86. The van der Waals surface area contributed by atoms with Crippen LogP contribution < -0.4 is 5.32 Å². The van der Waals surface area contributed by atoms with Gasteiger partial charge in [-0.1, -0.05) is 32.0 Å². The van der Waals surface area contributed by atoms with Crippen molar-refractivity contribution in [3.63, 3.8) is 0 Å². The molecule has 2 aromatic carbocycles. The van der Waals surface area contributed by atoms with E-state index in [1.54, 1.807) is 18.2 Å². The monoisotopic (exact) mass is 526 g/mol. The largest absolute Gasteiger partial charge is 0.302 e. The highest BCUT2D eigenvalue weighted by atomic mass is 32.2. The van der Waals surface area contributed by atoms with Crippen LogP contribution in [0.5, 0.6) is 0 Å². The highest BCUT2D eigenvalue weighted by Crippen LogP contribution is 2.46. The minimum Gasteiger partial charge on any atom is -0.302 e. The zero-order valence-corrected chi connectivity index (χ0v) is 22.1. The Balaban J connectivity index is 1.47. The van der Waals surface area contributed by atoms with Crippen LogP contribution in [0.4, 0.5) is 9.52 Å². The second-order valence-electron chi connectivity index (χ2n) is 9.36. The third kappa shape index (κ3) is 5.33. The van der Waals surface area contributed by atoms with Crippen LogP contribution in [0.1, 0.15) is 60.1 Å². The maximum atomic E-state index is 14.2. The summed E-state index contributed by atoms with van der Waals surface area (Å²) in [5.74, 6) is -0.518. The van der Waals surface area contributed by atoms with Crippen molar-refractivity contribution in [3.8, 4) is 6.07 Å². The number of carbonyl (C=O) groups is 1. The van der Waals surface area contributed by atoms with Crippen molar-refractivity contribution in [2.45, 2.75) is 50.7 Å². The second kappa shape index (κ2) is 10.1. The van der Waals surface area contributed by atoms with Crippen molar-refractivity contribution in [2.24, 2.45) is 5.92 Å². The summed E-state index contributed by atoms with van der Waals surface area (Å²) < 4.78 is 37.5. The first-order valence-corrected chi connectivity index (χ1v) is 14.2.